The van der Waals surface area contributed by atoms with Crippen LogP contribution in [0.3, 0.4) is 0 Å². The summed E-state index contributed by atoms with van der Waals surface area (Å²) in [7, 11) is 2.07. The van der Waals surface area contributed by atoms with Gasteiger partial charge >= 0.3 is 0 Å². The molecule has 1 saturated heterocycles. The lowest BCUT2D eigenvalue weighted by Crippen LogP contribution is -2.41. The van der Waals surface area contributed by atoms with Gasteiger partial charge in [0.25, 0.3) is 0 Å². The molecule has 0 unspecified atom stereocenters. The van der Waals surface area contributed by atoms with Gasteiger partial charge in [0.1, 0.15) is 5.75 Å². The zero-order valence-corrected chi connectivity index (χ0v) is 12.4. The maximum atomic E-state index is 12.2. The van der Waals surface area contributed by atoms with Gasteiger partial charge in [-0.2, -0.15) is 0 Å². The first-order chi connectivity index (χ1) is 9.69. The molecule has 1 heterocycles. The predicted octanol–water partition coefficient (Wildman–Crippen LogP) is 2.04. The smallest absolute Gasteiger partial charge is 0.224 e. The summed E-state index contributed by atoms with van der Waals surface area (Å²) in [4.78, 5) is 14.4. The Morgan fingerprint density at radius 3 is 3.10 bits per heavy atom. The van der Waals surface area contributed by atoms with Crippen LogP contribution in [0, 0.1) is 5.92 Å². The van der Waals surface area contributed by atoms with Gasteiger partial charge in [-0.1, -0.05) is 12.1 Å². The average Bonchev–Trinajstić information content (AvgIpc) is 2.45. The lowest BCUT2D eigenvalue weighted by molar-refractivity contribution is -0.126. The van der Waals surface area contributed by atoms with E-state index in [1.54, 1.807) is 0 Å². The molecule has 1 aliphatic heterocycles. The Balaban J connectivity index is 1.85. The van der Waals surface area contributed by atoms with Crippen molar-refractivity contribution in [2.24, 2.45) is 5.92 Å². The Bertz CT molecular complexity index is 448. The van der Waals surface area contributed by atoms with Crippen LogP contribution < -0.4 is 10.1 Å². The van der Waals surface area contributed by atoms with Crippen molar-refractivity contribution in [2.45, 2.75) is 26.3 Å². The molecular weight excluding hydrogens is 252 g/mol. The molecule has 0 radical (unpaired) electrons. The van der Waals surface area contributed by atoms with Gasteiger partial charge in [-0.15, -0.1) is 0 Å². The third-order valence-electron chi connectivity index (χ3n) is 3.67. The van der Waals surface area contributed by atoms with Crippen LogP contribution in [-0.2, 0) is 11.3 Å². The SMILES string of the molecule is CCOc1cccc(CNC(=O)[C@@H]2CCCN(C)C2)c1. The maximum Gasteiger partial charge on any atom is 0.224 e. The highest BCUT2D eigenvalue weighted by molar-refractivity contribution is 5.78. The highest BCUT2D eigenvalue weighted by Gasteiger charge is 2.23. The Hall–Kier alpha value is -1.55. The number of ether oxygens (including phenoxy) is 1. The van der Waals surface area contributed by atoms with Crippen molar-refractivity contribution in [3.63, 3.8) is 0 Å². The molecule has 20 heavy (non-hydrogen) atoms. The Morgan fingerprint density at radius 2 is 2.35 bits per heavy atom. The van der Waals surface area contributed by atoms with Crippen LogP contribution in [0.1, 0.15) is 25.3 Å². The normalized spacial score (nSPS) is 19.6. The zero-order valence-electron chi connectivity index (χ0n) is 12.4. The fraction of sp³-hybridized carbons (Fsp3) is 0.562. The van der Waals surface area contributed by atoms with Gasteiger partial charge in [0.2, 0.25) is 5.91 Å². The van der Waals surface area contributed by atoms with Crippen LogP contribution in [0.4, 0.5) is 0 Å². The van der Waals surface area contributed by atoms with E-state index in [9.17, 15) is 4.79 Å². The first-order valence-electron chi connectivity index (χ1n) is 7.37. The molecule has 1 atom stereocenters. The van der Waals surface area contributed by atoms with Crippen LogP contribution in [0.5, 0.6) is 5.75 Å². The summed E-state index contributed by atoms with van der Waals surface area (Å²) in [6, 6.07) is 7.89. The number of benzene rings is 1. The van der Waals surface area contributed by atoms with E-state index >= 15 is 0 Å². The summed E-state index contributed by atoms with van der Waals surface area (Å²) < 4.78 is 5.46. The molecule has 0 aliphatic carbocycles. The number of likely N-dealkylation sites (tertiary alicyclic amines) is 1. The number of amides is 1. The lowest BCUT2D eigenvalue weighted by Gasteiger charge is -2.28. The molecule has 110 valence electrons. The number of rotatable bonds is 5. The van der Waals surface area contributed by atoms with Gasteiger partial charge < -0.3 is 15.0 Å². The van der Waals surface area contributed by atoms with Crippen LogP contribution in [0.15, 0.2) is 24.3 Å². The van der Waals surface area contributed by atoms with E-state index in [2.05, 4.69) is 17.3 Å². The van der Waals surface area contributed by atoms with Crippen molar-refractivity contribution in [1.82, 2.24) is 10.2 Å². The van der Waals surface area contributed by atoms with Crippen molar-refractivity contribution in [3.05, 3.63) is 29.8 Å². The molecule has 1 aliphatic rings. The van der Waals surface area contributed by atoms with E-state index in [0.717, 1.165) is 37.2 Å². The molecule has 0 bridgehead atoms. The van der Waals surface area contributed by atoms with Gasteiger partial charge in [0, 0.05) is 13.1 Å². The van der Waals surface area contributed by atoms with E-state index in [1.807, 2.05) is 31.2 Å². The molecule has 1 fully saturated rings. The zero-order chi connectivity index (χ0) is 14.4. The van der Waals surface area contributed by atoms with Crippen molar-refractivity contribution in [3.8, 4) is 5.75 Å². The van der Waals surface area contributed by atoms with E-state index in [4.69, 9.17) is 4.74 Å². The molecule has 1 N–H and O–H groups in total. The van der Waals surface area contributed by atoms with E-state index in [0.29, 0.717) is 13.2 Å². The minimum absolute atomic E-state index is 0.129. The number of nitrogens with zero attached hydrogens (tertiary/aromatic N) is 1. The fourth-order valence-corrected chi connectivity index (χ4v) is 2.63. The summed E-state index contributed by atoms with van der Waals surface area (Å²) in [5, 5.41) is 3.04. The van der Waals surface area contributed by atoms with Crippen LogP contribution >= 0.6 is 0 Å². The minimum atomic E-state index is 0.129. The molecule has 0 saturated carbocycles. The van der Waals surface area contributed by atoms with Crippen LogP contribution in [0.25, 0.3) is 0 Å². The maximum absolute atomic E-state index is 12.2. The largest absolute Gasteiger partial charge is 0.494 e. The summed E-state index contributed by atoms with van der Waals surface area (Å²) in [6.45, 7) is 5.16. The molecule has 4 heteroatoms. The lowest BCUT2D eigenvalue weighted by atomic mass is 9.97. The summed E-state index contributed by atoms with van der Waals surface area (Å²) in [5.74, 6) is 1.15. The van der Waals surface area contributed by atoms with Crippen molar-refractivity contribution < 1.29 is 9.53 Å². The third kappa shape index (κ3) is 4.23. The van der Waals surface area contributed by atoms with Gasteiger partial charge in [0.05, 0.1) is 12.5 Å². The molecule has 2 rings (SSSR count). The number of hydrogen-bond acceptors (Lipinski definition) is 3. The molecular formula is C16H24N2O2. The Morgan fingerprint density at radius 1 is 1.50 bits per heavy atom. The number of piperidine rings is 1. The topological polar surface area (TPSA) is 41.6 Å². The number of nitrogens with one attached hydrogen (secondary N) is 1. The molecule has 0 spiro atoms. The monoisotopic (exact) mass is 276 g/mol. The highest BCUT2D eigenvalue weighted by atomic mass is 16.5. The standard InChI is InChI=1S/C16H24N2O2/c1-3-20-15-8-4-6-13(10-15)11-17-16(19)14-7-5-9-18(2)12-14/h4,6,8,10,14H,3,5,7,9,11-12H2,1-2H3,(H,17,19)/t14-/m1/s1. The molecule has 4 nitrogen and oxygen atoms in total. The van der Waals surface area contributed by atoms with Gasteiger partial charge in [0.15, 0.2) is 0 Å². The second kappa shape index (κ2) is 7.29. The number of carbonyl (C=O) groups excluding carboxylic acids is 1. The predicted molar refractivity (Wildman–Crippen MR) is 79.7 cm³/mol. The summed E-state index contributed by atoms with van der Waals surface area (Å²) >= 11 is 0. The second-order valence-corrected chi connectivity index (χ2v) is 5.40. The highest BCUT2D eigenvalue weighted by Crippen LogP contribution is 2.16. The van der Waals surface area contributed by atoms with Gasteiger partial charge in [-0.3, -0.25) is 4.79 Å². The van der Waals surface area contributed by atoms with E-state index in [1.165, 1.54) is 0 Å². The van der Waals surface area contributed by atoms with Crippen LogP contribution in [-0.4, -0.2) is 37.6 Å². The van der Waals surface area contributed by atoms with Crippen molar-refractivity contribution >= 4 is 5.91 Å². The number of hydrogen-bond donors (Lipinski definition) is 1. The average molecular weight is 276 g/mol. The van der Waals surface area contributed by atoms with Gasteiger partial charge in [-0.05, 0) is 51.1 Å². The fourth-order valence-electron chi connectivity index (χ4n) is 2.63. The van der Waals surface area contributed by atoms with Crippen molar-refractivity contribution in [2.75, 3.05) is 26.7 Å². The second-order valence-electron chi connectivity index (χ2n) is 5.40. The first kappa shape index (κ1) is 14.9. The summed E-state index contributed by atoms with van der Waals surface area (Å²) in [6.07, 6.45) is 2.10. The summed E-state index contributed by atoms with van der Waals surface area (Å²) in [5.41, 5.74) is 1.08. The molecule has 1 aromatic carbocycles. The quantitative estimate of drug-likeness (QED) is 0.895. The third-order valence-corrected chi connectivity index (χ3v) is 3.67. The van der Waals surface area contributed by atoms with Crippen LogP contribution in [0.2, 0.25) is 0 Å². The molecule has 1 aromatic rings. The molecule has 0 aromatic heterocycles. The Labute approximate surface area is 121 Å². The number of carbonyl (C=O) groups is 1. The van der Waals surface area contributed by atoms with Gasteiger partial charge in [-0.25, -0.2) is 0 Å². The Kier molecular flexibility index (Phi) is 5.41. The van der Waals surface area contributed by atoms with Crippen molar-refractivity contribution in [1.29, 1.82) is 0 Å². The van der Waals surface area contributed by atoms with E-state index < -0.39 is 0 Å². The minimum Gasteiger partial charge on any atom is -0.494 e. The van der Waals surface area contributed by atoms with E-state index in [-0.39, 0.29) is 11.8 Å². The molecule has 1 amide bonds. The first-order valence-corrected chi connectivity index (χ1v) is 7.37.